The topological polar surface area (TPSA) is 63.9 Å². The molecule has 3 aliphatic heterocycles. The smallest absolute Gasteiger partial charge is 0.245 e. The number of carboxylic acid groups (broad SMARTS) is 1. The Kier molecular flexibility index (Phi) is 6.35. The second-order valence-corrected chi connectivity index (χ2v) is 9.29. The highest BCUT2D eigenvalue weighted by Crippen LogP contribution is 2.45. The van der Waals surface area contributed by atoms with E-state index in [9.17, 15) is 14.3 Å². The Morgan fingerprint density at radius 2 is 1.79 bits per heavy atom. The molecule has 2 aromatic carbocycles. The summed E-state index contributed by atoms with van der Waals surface area (Å²) in [5, 5.41) is 13.3. The molecule has 0 spiro atoms. The molecule has 6 nitrogen and oxygen atoms in total. The number of hydrogen-bond donors (Lipinski definition) is 0. The van der Waals surface area contributed by atoms with Crippen LogP contribution < -0.4 is 19.9 Å². The van der Waals surface area contributed by atoms with Gasteiger partial charge in [0.05, 0.1) is 18.5 Å². The molecule has 0 unspecified atom stereocenters. The van der Waals surface area contributed by atoms with Gasteiger partial charge < -0.3 is 24.1 Å². The highest BCUT2D eigenvalue weighted by Gasteiger charge is 2.32. The summed E-state index contributed by atoms with van der Waals surface area (Å²) in [7, 11) is 0. The molecule has 1 aliphatic carbocycles. The molecule has 3 heterocycles. The first-order valence-corrected chi connectivity index (χ1v) is 12.0. The van der Waals surface area contributed by atoms with Crippen molar-refractivity contribution in [3.8, 4) is 22.5 Å². The molecule has 2 fully saturated rings. The lowest BCUT2D eigenvalue weighted by Crippen LogP contribution is -2.40. The Labute approximate surface area is 217 Å². The lowest BCUT2D eigenvalue weighted by atomic mass is 9.88. The number of hydrogen-bond acceptors (Lipinski definition) is 4. The summed E-state index contributed by atoms with van der Waals surface area (Å²) in [5.41, 5.74) is -1.12. The number of benzene rings is 3. The van der Waals surface area contributed by atoms with Crippen molar-refractivity contribution in [1.82, 2.24) is 4.58 Å². The maximum absolute atomic E-state index is 15.9. The number of carboxylic acids is 1. The second kappa shape index (κ2) is 9.53. The van der Waals surface area contributed by atoms with Crippen molar-refractivity contribution in [1.29, 1.82) is 0 Å². The van der Waals surface area contributed by atoms with Crippen LogP contribution in [-0.2, 0) is 6.54 Å². The molecule has 194 valence electrons. The lowest BCUT2D eigenvalue weighted by Gasteiger charge is -2.33. The van der Waals surface area contributed by atoms with Crippen molar-refractivity contribution in [3.63, 3.8) is 0 Å². The number of halogens is 3. The zero-order valence-corrected chi connectivity index (χ0v) is 19.6. The molecule has 38 heavy (non-hydrogen) atoms. The van der Waals surface area contributed by atoms with Crippen LogP contribution >= 0.6 is 0 Å². The number of carbonyl (C=O) groups excluding carboxylic acids is 1. The average molecular weight is 520 g/mol. The van der Waals surface area contributed by atoms with E-state index < -0.39 is 46.7 Å². The van der Waals surface area contributed by atoms with Crippen molar-refractivity contribution < 1.29 is 27.5 Å². The summed E-state index contributed by atoms with van der Waals surface area (Å²) in [4.78, 5) is 17.2. The predicted molar refractivity (Wildman–Crippen MR) is 136 cm³/mol. The number of carbonyl (C=O) groups is 1. The summed E-state index contributed by atoms with van der Waals surface area (Å²) >= 11 is 0. The van der Waals surface area contributed by atoms with Crippen LogP contribution in [0.5, 0.6) is 0 Å². The molecule has 0 saturated carbocycles. The third-order valence-corrected chi connectivity index (χ3v) is 7.23. The van der Waals surface area contributed by atoms with E-state index in [1.165, 1.54) is 0 Å². The van der Waals surface area contributed by atoms with E-state index in [0.29, 0.717) is 22.3 Å². The van der Waals surface area contributed by atoms with E-state index in [-0.39, 0.29) is 13.0 Å². The van der Waals surface area contributed by atoms with E-state index in [2.05, 4.69) is 14.3 Å². The van der Waals surface area contributed by atoms with Crippen LogP contribution in [0.3, 0.4) is 0 Å². The molecule has 0 N–H and O–H groups in total. The van der Waals surface area contributed by atoms with Crippen LogP contribution in [-0.4, -0.2) is 32.1 Å². The Hall–Kier alpha value is -4.32. The van der Waals surface area contributed by atoms with Crippen molar-refractivity contribution in [2.75, 3.05) is 31.1 Å². The first kappa shape index (κ1) is 25.3. The molecule has 9 heteroatoms. The van der Waals surface area contributed by atoms with E-state index in [4.69, 9.17) is 11.0 Å². The normalized spacial score (nSPS) is 14.6. The molecule has 0 atom stereocenters. The van der Waals surface area contributed by atoms with Gasteiger partial charge in [0.25, 0.3) is 0 Å². The van der Waals surface area contributed by atoms with Crippen LogP contribution in [0.1, 0.15) is 36.2 Å². The number of nitrogens with zero attached hydrogens (tertiary/aromatic N) is 3. The molecule has 0 aromatic heterocycles. The second-order valence-electron chi connectivity index (χ2n) is 9.29. The third kappa shape index (κ3) is 3.79. The Morgan fingerprint density at radius 1 is 1.03 bits per heavy atom. The van der Waals surface area contributed by atoms with E-state index in [1.807, 2.05) is 0 Å². The third-order valence-electron chi connectivity index (χ3n) is 7.23. The Morgan fingerprint density at radius 3 is 2.39 bits per heavy atom. The van der Waals surface area contributed by atoms with Gasteiger partial charge in [-0.25, -0.2) is 24.3 Å². The Bertz CT molecular complexity index is 1690. The summed E-state index contributed by atoms with van der Waals surface area (Å²) in [6.45, 7) is 9.77. The molecule has 0 bridgehead atoms. The Balaban J connectivity index is 0.00000294. The van der Waals surface area contributed by atoms with Crippen LogP contribution in [0, 0.1) is 24.0 Å². The molecule has 6 rings (SSSR count). The number of aromatic carboxylic acids is 1. The maximum Gasteiger partial charge on any atom is 0.245 e. The average Bonchev–Trinajstić information content (AvgIpc) is 2.80. The minimum absolute atomic E-state index is 0. The highest BCUT2D eigenvalue weighted by molar-refractivity contribution is 6.08. The van der Waals surface area contributed by atoms with Crippen molar-refractivity contribution in [3.05, 3.63) is 81.8 Å². The van der Waals surface area contributed by atoms with Gasteiger partial charge in [0.15, 0.2) is 11.6 Å². The summed E-state index contributed by atoms with van der Waals surface area (Å²) in [6.07, 6.45) is 2.10. The van der Waals surface area contributed by atoms with Gasteiger partial charge in [0.1, 0.15) is 35.8 Å². The molecular formula is C29H24F3N3O3. The molecule has 0 amide bonds. The largest absolute Gasteiger partial charge is 0.545 e. The zero-order chi connectivity index (χ0) is 25.8. The number of rotatable bonds is 4. The van der Waals surface area contributed by atoms with Gasteiger partial charge in [-0.2, -0.15) is 0 Å². The fourth-order valence-electron chi connectivity index (χ4n) is 5.03. The van der Waals surface area contributed by atoms with E-state index in [1.54, 1.807) is 36.4 Å². The summed E-state index contributed by atoms with van der Waals surface area (Å²) < 4.78 is 54.1. The van der Waals surface area contributed by atoms with E-state index in [0.717, 1.165) is 50.1 Å². The summed E-state index contributed by atoms with van der Waals surface area (Å²) in [6, 6.07) is 10.5. The maximum atomic E-state index is 15.9. The van der Waals surface area contributed by atoms with Gasteiger partial charge in [-0.1, -0.05) is 7.43 Å². The lowest BCUT2D eigenvalue weighted by molar-refractivity contribution is -0.255. The van der Waals surface area contributed by atoms with Gasteiger partial charge in [-0.05, 0) is 24.6 Å². The monoisotopic (exact) mass is 519 g/mol. The van der Waals surface area contributed by atoms with Crippen LogP contribution in [0.15, 0.2) is 40.8 Å². The molecule has 4 aliphatic rings. The van der Waals surface area contributed by atoms with Crippen LogP contribution in [0.4, 0.5) is 18.9 Å². The number of fused-ring (bicyclic) bond motifs is 2. The first-order chi connectivity index (χ1) is 17.9. The summed E-state index contributed by atoms with van der Waals surface area (Å²) in [5.74, 6) is -6.48. The van der Waals surface area contributed by atoms with Gasteiger partial charge >= 0.3 is 0 Å². The van der Waals surface area contributed by atoms with Crippen LogP contribution in [0.25, 0.3) is 38.3 Å². The fourth-order valence-corrected chi connectivity index (χ4v) is 5.03. The zero-order valence-electron chi connectivity index (χ0n) is 19.6. The molecular weight excluding hydrogens is 495 g/mol. The van der Waals surface area contributed by atoms with Crippen molar-refractivity contribution in [2.45, 2.75) is 26.8 Å². The molecule has 2 aromatic rings. The van der Waals surface area contributed by atoms with Crippen molar-refractivity contribution in [2.24, 2.45) is 0 Å². The molecule has 0 radical (unpaired) electrons. The molecule has 2 saturated heterocycles. The quantitative estimate of drug-likeness (QED) is 0.173. The minimum Gasteiger partial charge on any atom is -0.545 e. The fraction of sp³-hybridized carbons (Fsp3) is 0.276. The highest BCUT2D eigenvalue weighted by atomic mass is 19.2. The van der Waals surface area contributed by atoms with Crippen molar-refractivity contribution >= 4 is 22.6 Å². The number of anilines is 1. The SMILES string of the molecule is C.[C-]#[N+]Cc1c(F)c(F)c(C(=O)[O-])c(-c2c3ccc(=[N+]4CCC4)cc-3oc3cc(N4CCC4)ccc23)c1F. The standard InChI is InChI=1S/C28H20F3N3O3.CH4/c1-32-14-19-25(29)23(24(28(35)36)27(31)26(19)30)22-17-6-4-15(33-8-2-9-33)12-20(17)37-21-13-16(5-7-18(21)22)34-10-3-11-34;/h4-7,12-13H,2-3,8-11,14H2;1H4. The van der Waals surface area contributed by atoms with E-state index >= 15 is 8.78 Å². The minimum atomic E-state index is -2.06. The van der Waals surface area contributed by atoms with Gasteiger partial charge in [0.2, 0.25) is 11.9 Å². The predicted octanol–water partition coefficient (Wildman–Crippen LogP) is 4.43. The van der Waals surface area contributed by atoms with Gasteiger partial charge in [0, 0.05) is 58.5 Å². The van der Waals surface area contributed by atoms with Crippen LogP contribution in [0.2, 0.25) is 0 Å². The first-order valence-electron chi connectivity index (χ1n) is 12.0. The van der Waals surface area contributed by atoms with Gasteiger partial charge in [-0.3, -0.25) is 0 Å². The van der Waals surface area contributed by atoms with Gasteiger partial charge in [-0.15, -0.1) is 0 Å².